The molecule has 0 radical (unpaired) electrons. The lowest BCUT2D eigenvalue weighted by Crippen LogP contribution is -2.39. The number of carbonyl (C=O) groups excluding carboxylic acids is 1. The molecule has 0 aliphatic carbocycles. The summed E-state index contributed by atoms with van der Waals surface area (Å²) in [5, 5.41) is 14.8. The molecule has 2 amide bonds. The summed E-state index contributed by atoms with van der Waals surface area (Å²) >= 11 is 9.32. The van der Waals surface area contributed by atoms with E-state index in [9.17, 15) is 4.79 Å². The predicted molar refractivity (Wildman–Crippen MR) is 82.3 cm³/mol. The van der Waals surface area contributed by atoms with Crippen molar-refractivity contribution in [3.8, 4) is 5.75 Å². The monoisotopic (exact) mass is 364 g/mol. The number of halogens is 2. The second-order valence-corrected chi connectivity index (χ2v) is 5.59. The fourth-order valence-electron chi connectivity index (χ4n) is 1.35. The molecule has 3 N–H and O–H groups in total. The first-order chi connectivity index (χ1) is 9.49. The van der Waals surface area contributed by atoms with Gasteiger partial charge in [0.15, 0.2) is 0 Å². The smallest absolute Gasteiger partial charge is 0.314 e. The van der Waals surface area contributed by atoms with Crippen molar-refractivity contribution in [2.45, 2.75) is 19.4 Å². The number of urea groups is 1. The fraction of sp³-hybridized carbons (Fsp3) is 0.462. The number of rotatable bonds is 7. The van der Waals surface area contributed by atoms with Gasteiger partial charge in [-0.05, 0) is 31.5 Å². The molecule has 112 valence electrons. The van der Waals surface area contributed by atoms with Gasteiger partial charge >= 0.3 is 6.03 Å². The van der Waals surface area contributed by atoms with Crippen LogP contribution in [0.25, 0.3) is 0 Å². The van der Waals surface area contributed by atoms with Crippen LogP contribution in [0.15, 0.2) is 22.7 Å². The average molecular weight is 366 g/mol. The first-order valence-electron chi connectivity index (χ1n) is 6.26. The van der Waals surface area contributed by atoms with Gasteiger partial charge in [0.05, 0.1) is 17.7 Å². The van der Waals surface area contributed by atoms with Gasteiger partial charge in [-0.1, -0.05) is 27.5 Å². The lowest BCUT2D eigenvalue weighted by atomic mass is 10.3. The summed E-state index contributed by atoms with van der Waals surface area (Å²) in [6, 6.07) is 5.10. The van der Waals surface area contributed by atoms with Crippen LogP contribution in [-0.2, 0) is 0 Å². The molecule has 5 nitrogen and oxygen atoms in total. The van der Waals surface area contributed by atoms with E-state index in [4.69, 9.17) is 21.4 Å². The highest BCUT2D eigenvalue weighted by molar-refractivity contribution is 9.10. The standard InChI is InChI=1S/C13H18BrClN2O3/c1-9(18)8-17-13(19)16-5-2-6-20-12-4-3-10(14)7-11(12)15/h3-4,7,9,18H,2,5-6,8H2,1H3,(H2,16,17,19). The predicted octanol–water partition coefficient (Wildman–Crippen LogP) is 2.55. The Kier molecular flexibility index (Phi) is 7.72. The van der Waals surface area contributed by atoms with Crippen molar-refractivity contribution in [2.75, 3.05) is 19.7 Å². The molecule has 0 fully saturated rings. The van der Waals surface area contributed by atoms with Crippen LogP contribution < -0.4 is 15.4 Å². The minimum atomic E-state index is -0.552. The Morgan fingerprint density at radius 2 is 2.25 bits per heavy atom. The van der Waals surface area contributed by atoms with Crippen LogP contribution in [0.3, 0.4) is 0 Å². The summed E-state index contributed by atoms with van der Waals surface area (Å²) in [6.07, 6.45) is 0.109. The van der Waals surface area contributed by atoms with E-state index in [0.29, 0.717) is 30.3 Å². The Morgan fingerprint density at radius 3 is 2.90 bits per heavy atom. The third-order valence-corrected chi connectivity index (χ3v) is 3.10. The number of hydrogen-bond donors (Lipinski definition) is 3. The number of nitrogens with one attached hydrogen (secondary N) is 2. The van der Waals surface area contributed by atoms with Crippen LogP contribution >= 0.6 is 27.5 Å². The van der Waals surface area contributed by atoms with Gasteiger partial charge in [-0.25, -0.2) is 4.79 Å². The maximum atomic E-state index is 11.3. The van der Waals surface area contributed by atoms with Gasteiger partial charge in [0, 0.05) is 17.6 Å². The lowest BCUT2D eigenvalue weighted by Gasteiger charge is -2.10. The van der Waals surface area contributed by atoms with Crippen LogP contribution in [0, 0.1) is 0 Å². The summed E-state index contributed by atoms with van der Waals surface area (Å²) < 4.78 is 6.40. The Bertz CT molecular complexity index is 444. The number of aliphatic hydroxyl groups is 1. The van der Waals surface area contributed by atoms with Gasteiger partial charge in [0.2, 0.25) is 0 Å². The van der Waals surface area contributed by atoms with Gasteiger partial charge in [-0.2, -0.15) is 0 Å². The molecule has 1 unspecified atom stereocenters. The Balaban J connectivity index is 2.14. The largest absolute Gasteiger partial charge is 0.492 e. The zero-order valence-corrected chi connectivity index (χ0v) is 13.5. The van der Waals surface area contributed by atoms with Crippen molar-refractivity contribution >= 4 is 33.6 Å². The van der Waals surface area contributed by atoms with Crippen molar-refractivity contribution in [3.05, 3.63) is 27.7 Å². The highest BCUT2D eigenvalue weighted by Crippen LogP contribution is 2.27. The quantitative estimate of drug-likeness (QED) is 0.650. The van der Waals surface area contributed by atoms with Gasteiger partial charge in [-0.15, -0.1) is 0 Å². The first-order valence-corrected chi connectivity index (χ1v) is 7.43. The van der Waals surface area contributed by atoms with E-state index >= 15 is 0 Å². The van der Waals surface area contributed by atoms with Crippen LogP contribution in [0.1, 0.15) is 13.3 Å². The zero-order valence-electron chi connectivity index (χ0n) is 11.2. The molecule has 1 aromatic rings. The van der Waals surface area contributed by atoms with Crippen molar-refractivity contribution < 1.29 is 14.6 Å². The van der Waals surface area contributed by atoms with Crippen molar-refractivity contribution in [1.29, 1.82) is 0 Å². The van der Waals surface area contributed by atoms with Gasteiger partial charge in [0.25, 0.3) is 0 Å². The number of benzene rings is 1. The molecule has 0 aliphatic heterocycles. The average Bonchev–Trinajstić information content (AvgIpc) is 2.38. The van der Waals surface area contributed by atoms with E-state index in [2.05, 4.69) is 26.6 Å². The van der Waals surface area contributed by atoms with Gasteiger partial charge < -0.3 is 20.5 Å². The van der Waals surface area contributed by atoms with Crippen molar-refractivity contribution in [3.63, 3.8) is 0 Å². The summed E-state index contributed by atoms with van der Waals surface area (Å²) in [6.45, 7) is 2.78. The minimum Gasteiger partial charge on any atom is -0.492 e. The van der Waals surface area contributed by atoms with Crippen LogP contribution in [0.2, 0.25) is 5.02 Å². The molecule has 0 saturated heterocycles. The highest BCUT2D eigenvalue weighted by Gasteiger charge is 2.03. The number of carbonyl (C=O) groups is 1. The maximum absolute atomic E-state index is 11.3. The molecule has 0 saturated carbocycles. The molecule has 0 heterocycles. The molecule has 0 aliphatic rings. The molecule has 1 atom stereocenters. The molecular formula is C13H18BrClN2O3. The summed E-state index contributed by atoms with van der Waals surface area (Å²) in [4.78, 5) is 11.3. The van der Waals surface area contributed by atoms with Crippen molar-refractivity contribution in [1.82, 2.24) is 10.6 Å². The number of hydrogen-bond acceptors (Lipinski definition) is 3. The Morgan fingerprint density at radius 1 is 1.50 bits per heavy atom. The molecule has 20 heavy (non-hydrogen) atoms. The molecule has 1 rings (SSSR count). The fourth-order valence-corrected chi connectivity index (χ4v) is 2.08. The number of aliphatic hydroxyl groups excluding tert-OH is 1. The molecule has 7 heteroatoms. The van der Waals surface area contributed by atoms with Crippen LogP contribution in [0.4, 0.5) is 4.79 Å². The SMILES string of the molecule is CC(O)CNC(=O)NCCCOc1ccc(Br)cc1Cl. The van der Waals surface area contributed by atoms with E-state index in [1.807, 2.05) is 6.07 Å². The normalized spacial score (nSPS) is 11.8. The zero-order chi connectivity index (χ0) is 15.0. The Hall–Kier alpha value is -0.980. The summed E-state index contributed by atoms with van der Waals surface area (Å²) in [5.74, 6) is 0.619. The molecule has 1 aromatic carbocycles. The van der Waals surface area contributed by atoms with E-state index in [1.165, 1.54) is 0 Å². The minimum absolute atomic E-state index is 0.233. The second kappa shape index (κ2) is 9.05. The second-order valence-electron chi connectivity index (χ2n) is 4.26. The van der Waals surface area contributed by atoms with E-state index in [0.717, 1.165) is 4.47 Å². The maximum Gasteiger partial charge on any atom is 0.314 e. The molecular weight excluding hydrogens is 348 g/mol. The summed E-state index contributed by atoms with van der Waals surface area (Å²) in [7, 11) is 0. The van der Waals surface area contributed by atoms with Gasteiger partial charge in [0.1, 0.15) is 5.75 Å². The van der Waals surface area contributed by atoms with Gasteiger partial charge in [-0.3, -0.25) is 0 Å². The number of amides is 2. The topological polar surface area (TPSA) is 70.6 Å². The van der Waals surface area contributed by atoms with E-state index < -0.39 is 6.10 Å². The lowest BCUT2D eigenvalue weighted by molar-refractivity contribution is 0.187. The third-order valence-electron chi connectivity index (χ3n) is 2.32. The van der Waals surface area contributed by atoms with E-state index in [1.54, 1.807) is 19.1 Å². The van der Waals surface area contributed by atoms with Crippen LogP contribution in [0.5, 0.6) is 5.75 Å². The first kappa shape index (κ1) is 17.1. The third kappa shape index (κ3) is 6.98. The van der Waals surface area contributed by atoms with Crippen LogP contribution in [-0.4, -0.2) is 36.9 Å². The Labute approximate surface area is 131 Å². The number of ether oxygens (including phenoxy) is 1. The molecule has 0 spiro atoms. The molecule has 0 bridgehead atoms. The van der Waals surface area contributed by atoms with Crippen molar-refractivity contribution in [2.24, 2.45) is 0 Å². The molecule has 0 aromatic heterocycles. The highest BCUT2D eigenvalue weighted by atomic mass is 79.9. The summed E-state index contributed by atoms with van der Waals surface area (Å²) in [5.41, 5.74) is 0. The van der Waals surface area contributed by atoms with E-state index in [-0.39, 0.29) is 12.6 Å².